The van der Waals surface area contributed by atoms with Crippen LogP contribution in [0.3, 0.4) is 0 Å². The molecule has 0 aliphatic carbocycles. The Kier molecular flexibility index (Phi) is 5.50. The van der Waals surface area contributed by atoms with Gasteiger partial charge in [-0.15, -0.1) is 0 Å². The van der Waals surface area contributed by atoms with Crippen molar-refractivity contribution in [2.45, 2.75) is 26.8 Å². The highest BCUT2D eigenvalue weighted by atomic mass is 16.2. The van der Waals surface area contributed by atoms with E-state index in [0.717, 1.165) is 0 Å². The molecule has 1 aromatic rings. The lowest BCUT2D eigenvalue weighted by Gasteiger charge is -2.37. The Morgan fingerprint density at radius 3 is 2.04 bits per heavy atom. The number of benzene rings is 1. The third-order valence-corrected chi connectivity index (χ3v) is 4.25. The van der Waals surface area contributed by atoms with Crippen LogP contribution in [-0.4, -0.2) is 59.6 Å². The smallest absolute Gasteiger partial charge is 0.241 e. The van der Waals surface area contributed by atoms with E-state index in [0.29, 0.717) is 37.4 Å². The van der Waals surface area contributed by atoms with Crippen molar-refractivity contribution < 1.29 is 14.4 Å². The number of ketones is 1. The van der Waals surface area contributed by atoms with Crippen molar-refractivity contribution in [2.75, 3.05) is 31.5 Å². The predicted octanol–water partition coefficient (Wildman–Crippen LogP) is 1.38. The van der Waals surface area contributed by atoms with E-state index in [4.69, 9.17) is 0 Å². The largest absolute Gasteiger partial charge is 0.340 e. The summed E-state index contributed by atoms with van der Waals surface area (Å²) in [6.45, 7) is 7.63. The predicted molar refractivity (Wildman–Crippen MR) is 88.4 cm³/mol. The van der Waals surface area contributed by atoms with Crippen molar-refractivity contribution >= 4 is 23.3 Å². The zero-order valence-corrected chi connectivity index (χ0v) is 13.8. The maximum absolute atomic E-state index is 12.3. The highest BCUT2D eigenvalue weighted by Crippen LogP contribution is 2.13. The van der Waals surface area contributed by atoms with Crippen LogP contribution >= 0.6 is 0 Å². The minimum atomic E-state index is -0.267. The van der Waals surface area contributed by atoms with Crippen LogP contribution in [-0.2, 0) is 9.59 Å². The van der Waals surface area contributed by atoms with Gasteiger partial charge in [-0.05, 0) is 38.1 Å². The average molecular weight is 317 g/mol. The maximum Gasteiger partial charge on any atom is 0.241 e. The highest BCUT2D eigenvalue weighted by molar-refractivity contribution is 5.97. The average Bonchev–Trinajstić information content (AvgIpc) is 2.54. The molecule has 124 valence electrons. The third-order valence-electron chi connectivity index (χ3n) is 4.25. The Labute approximate surface area is 136 Å². The van der Waals surface area contributed by atoms with Gasteiger partial charge in [-0.2, -0.15) is 0 Å². The number of amides is 2. The number of hydrogen-bond acceptors (Lipinski definition) is 4. The Bertz CT molecular complexity index is 590. The highest BCUT2D eigenvalue weighted by Gasteiger charge is 2.26. The number of piperazine rings is 1. The number of carbonyl (C=O) groups is 3. The molecule has 2 amide bonds. The normalized spacial score (nSPS) is 16.7. The van der Waals surface area contributed by atoms with Gasteiger partial charge in [-0.3, -0.25) is 19.3 Å². The number of nitrogens with one attached hydrogen (secondary N) is 1. The van der Waals surface area contributed by atoms with Gasteiger partial charge >= 0.3 is 0 Å². The second kappa shape index (κ2) is 7.37. The molecular formula is C17H23N3O3. The first-order valence-corrected chi connectivity index (χ1v) is 7.80. The number of carbonyl (C=O) groups excluding carboxylic acids is 3. The molecule has 1 atom stereocenters. The lowest BCUT2D eigenvalue weighted by Crippen LogP contribution is -2.53. The molecule has 1 heterocycles. The summed E-state index contributed by atoms with van der Waals surface area (Å²) in [5, 5.41) is 2.87. The van der Waals surface area contributed by atoms with Crippen LogP contribution in [0.25, 0.3) is 0 Å². The minimum Gasteiger partial charge on any atom is -0.340 e. The van der Waals surface area contributed by atoms with Crippen molar-refractivity contribution in [2.24, 2.45) is 0 Å². The molecule has 1 N–H and O–H groups in total. The molecule has 0 aromatic heterocycles. The summed E-state index contributed by atoms with van der Waals surface area (Å²) in [5.74, 6) is -0.0104. The zero-order chi connectivity index (χ0) is 17.0. The van der Waals surface area contributed by atoms with Crippen LogP contribution in [0.1, 0.15) is 31.1 Å². The lowest BCUT2D eigenvalue weighted by atomic mass is 10.1. The summed E-state index contributed by atoms with van der Waals surface area (Å²) in [6, 6.07) is 6.60. The quantitative estimate of drug-likeness (QED) is 0.852. The topological polar surface area (TPSA) is 69.7 Å². The number of hydrogen-bond donors (Lipinski definition) is 1. The zero-order valence-electron chi connectivity index (χ0n) is 13.8. The fourth-order valence-corrected chi connectivity index (χ4v) is 2.62. The van der Waals surface area contributed by atoms with Gasteiger partial charge in [-0.25, -0.2) is 0 Å². The van der Waals surface area contributed by atoms with E-state index in [9.17, 15) is 14.4 Å². The molecule has 0 saturated carbocycles. The second-order valence-corrected chi connectivity index (χ2v) is 5.84. The van der Waals surface area contributed by atoms with E-state index < -0.39 is 0 Å². The minimum absolute atomic E-state index is 0.000383. The van der Waals surface area contributed by atoms with Crippen molar-refractivity contribution in [3.63, 3.8) is 0 Å². The molecule has 2 rings (SSSR count). The Morgan fingerprint density at radius 2 is 1.57 bits per heavy atom. The van der Waals surface area contributed by atoms with Crippen LogP contribution < -0.4 is 5.32 Å². The van der Waals surface area contributed by atoms with Crippen molar-refractivity contribution in [1.29, 1.82) is 0 Å². The molecular weight excluding hydrogens is 294 g/mol. The van der Waals surface area contributed by atoms with Gasteiger partial charge in [0.1, 0.15) is 0 Å². The monoisotopic (exact) mass is 317 g/mol. The molecule has 6 heteroatoms. The Hall–Kier alpha value is -2.21. The number of Topliss-reactive ketones (excluding diaryl/α,β-unsaturated/α-hetero) is 1. The molecule has 6 nitrogen and oxygen atoms in total. The van der Waals surface area contributed by atoms with Crippen LogP contribution in [0, 0.1) is 0 Å². The second-order valence-electron chi connectivity index (χ2n) is 5.84. The number of nitrogens with zero attached hydrogens (tertiary/aromatic N) is 2. The van der Waals surface area contributed by atoms with E-state index in [2.05, 4.69) is 10.2 Å². The van der Waals surface area contributed by atoms with Crippen LogP contribution in [0.5, 0.6) is 0 Å². The number of rotatable bonds is 4. The lowest BCUT2D eigenvalue weighted by molar-refractivity contribution is -0.131. The summed E-state index contributed by atoms with van der Waals surface area (Å²) in [5.41, 5.74) is 1.30. The summed E-state index contributed by atoms with van der Waals surface area (Å²) in [4.78, 5) is 38.8. The van der Waals surface area contributed by atoms with Gasteiger partial charge in [0.2, 0.25) is 11.8 Å². The third kappa shape index (κ3) is 4.39. The van der Waals surface area contributed by atoms with Crippen LogP contribution in [0.4, 0.5) is 5.69 Å². The van der Waals surface area contributed by atoms with Crippen molar-refractivity contribution in [3.05, 3.63) is 29.8 Å². The fourth-order valence-electron chi connectivity index (χ4n) is 2.62. The summed E-state index contributed by atoms with van der Waals surface area (Å²) < 4.78 is 0. The van der Waals surface area contributed by atoms with Crippen LogP contribution in [0.2, 0.25) is 0 Å². The van der Waals surface area contributed by atoms with Gasteiger partial charge in [0, 0.05) is 44.4 Å². The Balaban J connectivity index is 1.90. The van der Waals surface area contributed by atoms with Gasteiger partial charge in [0.15, 0.2) is 5.78 Å². The van der Waals surface area contributed by atoms with Crippen LogP contribution in [0.15, 0.2) is 24.3 Å². The molecule has 1 aliphatic heterocycles. The van der Waals surface area contributed by atoms with Crippen molar-refractivity contribution in [1.82, 2.24) is 9.80 Å². The molecule has 0 spiro atoms. The number of anilines is 1. The molecule has 0 bridgehead atoms. The van der Waals surface area contributed by atoms with E-state index in [-0.39, 0.29) is 23.6 Å². The van der Waals surface area contributed by atoms with E-state index >= 15 is 0 Å². The fraction of sp³-hybridized carbons (Fsp3) is 0.471. The van der Waals surface area contributed by atoms with E-state index in [1.807, 2.05) is 6.92 Å². The molecule has 1 aromatic carbocycles. The first-order chi connectivity index (χ1) is 10.9. The molecule has 23 heavy (non-hydrogen) atoms. The van der Waals surface area contributed by atoms with Crippen molar-refractivity contribution in [3.8, 4) is 0 Å². The van der Waals surface area contributed by atoms with Gasteiger partial charge < -0.3 is 10.2 Å². The molecule has 1 aliphatic rings. The first kappa shape index (κ1) is 17.1. The molecule has 0 radical (unpaired) electrons. The molecule has 1 saturated heterocycles. The maximum atomic E-state index is 12.3. The first-order valence-electron chi connectivity index (χ1n) is 7.80. The molecule has 1 unspecified atom stereocenters. The molecule has 1 fully saturated rings. The summed E-state index contributed by atoms with van der Waals surface area (Å²) in [7, 11) is 0. The van der Waals surface area contributed by atoms with Gasteiger partial charge in [0.25, 0.3) is 0 Å². The summed E-state index contributed by atoms with van der Waals surface area (Å²) >= 11 is 0. The standard InChI is InChI=1S/C17H23N3O3/c1-12(19-8-10-20(11-9-19)14(3)22)17(23)18-16-6-4-15(5-7-16)13(2)21/h4-7,12H,8-11H2,1-3H3,(H,18,23). The SMILES string of the molecule is CC(=O)c1ccc(NC(=O)C(C)N2CCN(C(C)=O)CC2)cc1. The van der Waals surface area contributed by atoms with E-state index in [1.165, 1.54) is 6.92 Å². The van der Waals surface area contributed by atoms with Gasteiger partial charge in [-0.1, -0.05) is 0 Å². The van der Waals surface area contributed by atoms with Gasteiger partial charge in [0.05, 0.1) is 6.04 Å². The van der Waals surface area contributed by atoms with E-state index in [1.54, 1.807) is 36.1 Å². The summed E-state index contributed by atoms with van der Waals surface area (Å²) in [6.07, 6.45) is 0. The Morgan fingerprint density at radius 1 is 1.00 bits per heavy atom.